The van der Waals surface area contributed by atoms with Gasteiger partial charge in [0, 0.05) is 28.8 Å². The van der Waals surface area contributed by atoms with E-state index in [1.807, 2.05) is 60.6 Å². The lowest BCUT2D eigenvalue weighted by Crippen LogP contribution is -2.26. The third kappa shape index (κ3) is 10.0. The van der Waals surface area contributed by atoms with E-state index in [0.717, 1.165) is 54.7 Å². The number of aryl methyl sites for hydroxylation is 2. The van der Waals surface area contributed by atoms with E-state index in [4.69, 9.17) is 15.5 Å². The zero-order valence-electron chi connectivity index (χ0n) is 30.1. The van der Waals surface area contributed by atoms with Gasteiger partial charge in [0.15, 0.2) is 18.1 Å². The van der Waals surface area contributed by atoms with E-state index in [2.05, 4.69) is 6.92 Å². The summed E-state index contributed by atoms with van der Waals surface area (Å²) in [5.41, 5.74) is 10.3. The van der Waals surface area contributed by atoms with Gasteiger partial charge >= 0.3 is 0 Å². The van der Waals surface area contributed by atoms with Crippen LogP contribution in [-0.2, 0) is 0 Å². The second-order valence-electron chi connectivity index (χ2n) is 12.0. The summed E-state index contributed by atoms with van der Waals surface area (Å²) in [7, 11) is 0. The molecule has 0 aliphatic carbocycles. The quantitative estimate of drug-likeness (QED) is 0.0438. The van der Waals surface area contributed by atoms with Crippen molar-refractivity contribution >= 4 is 28.4 Å². The zero-order valence-corrected chi connectivity index (χ0v) is 30.1. The molecule has 0 aliphatic heterocycles. The summed E-state index contributed by atoms with van der Waals surface area (Å²) in [6.45, 7) is 16.5. The van der Waals surface area contributed by atoms with Gasteiger partial charge < -0.3 is 10.5 Å². The molecule has 8 heteroatoms. The maximum Gasteiger partial charge on any atom is 0.281 e. The molecule has 0 atom stereocenters. The fraction of sp³-hybridized carbons (Fsp3) is 0.450. The minimum Gasteiger partial charge on any atom is -0.484 e. The smallest absolute Gasteiger partial charge is 0.281 e. The lowest BCUT2D eigenvalue weighted by Gasteiger charge is -2.24. The number of carbonyl (C=O) groups excluding carboxylic acids is 1. The molecule has 262 valence electrons. The average Bonchev–Trinajstić information content (AvgIpc) is 3.05. The highest BCUT2D eigenvalue weighted by Gasteiger charge is 2.31. The lowest BCUT2D eigenvalue weighted by atomic mass is 9.87. The number of anilines is 1. The summed E-state index contributed by atoms with van der Waals surface area (Å²) in [6.07, 6.45) is 5.96. The highest BCUT2D eigenvalue weighted by Crippen LogP contribution is 2.46. The highest BCUT2D eigenvalue weighted by molar-refractivity contribution is 6.29. The average molecular weight is 669 g/mol. The maximum atomic E-state index is 15.1. The third-order valence-electron chi connectivity index (χ3n) is 8.18. The summed E-state index contributed by atoms with van der Waals surface area (Å²) in [5, 5.41) is 0. The van der Waals surface area contributed by atoms with Crippen molar-refractivity contribution in [2.24, 2.45) is 4.99 Å². The van der Waals surface area contributed by atoms with Crippen molar-refractivity contribution in [3.63, 3.8) is 0 Å². The van der Waals surface area contributed by atoms with E-state index in [0.29, 0.717) is 40.8 Å². The molecule has 3 aromatic rings. The molecule has 3 rings (SSSR count). The Morgan fingerprint density at radius 1 is 0.958 bits per heavy atom. The van der Waals surface area contributed by atoms with Crippen molar-refractivity contribution in [3.8, 4) is 16.9 Å². The van der Waals surface area contributed by atoms with Gasteiger partial charge in [0.2, 0.25) is 0 Å². The lowest BCUT2D eigenvalue weighted by molar-refractivity contribution is -0.0490. The number of hydrogen-bond acceptors (Lipinski definition) is 4. The van der Waals surface area contributed by atoms with Crippen molar-refractivity contribution in [1.82, 2.24) is 0 Å². The van der Waals surface area contributed by atoms with Gasteiger partial charge in [-0.2, -0.15) is 0 Å². The van der Waals surface area contributed by atoms with Crippen LogP contribution in [0.4, 0.5) is 28.9 Å². The normalized spacial score (nSPS) is 12.1. The fourth-order valence-corrected chi connectivity index (χ4v) is 5.60. The number of ketones is 1. The van der Waals surface area contributed by atoms with Gasteiger partial charge in [0.25, 0.3) is 5.92 Å². The zero-order chi connectivity index (χ0) is 36.2. The first-order valence-electron chi connectivity index (χ1n) is 17.0. The molecule has 3 aromatic carbocycles. The minimum atomic E-state index is -3.03. The standard InChI is InChI=1S/C38H46F4N2O2.C2H6/c1-8-11-13-18-38(41,42)22-46-37-33(23(4)19-24(5)35(37)44-25(6)15-12-9-2)30-17-14-16-29(26(30)7)28(10-3)36(45)27-20-31(39)34(43)32(40)21-27;1-2/h10,14,16-17,19-21H,8-9,11-13,15,18,22,43H2,1-7H3;1-2H3/b28-10+,44-25?;. The Morgan fingerprint density at radius 3 is 2.17 bits per heavy atom. The fourth-order valence-electron chi connectivity index (χ4n) is 5.60. The molecule has 0 radical (unpaired) electrons. The number of benzene rings is 3. The van der Waals surface area contributed by atoms with E-state index >= 15 is 8.78 Å². The molecule has 0 heterocycles. The van der Waals surface area contributed by atoms with Crippen molar-refractivity contribution < 1.29 is 27.1 Å². The number of nitrogen functional groups attached to an aromatic ring is 1. The second kappa shape index (κ2) is 18.6. The van der Waals surface area contributed by atoms with Gasteiger partial charge in [-0.05, 0) is 93.8 Å². The van der Waals surface area contributed by atoms with Crippen LogP contribution in [0, 0.1) is 32.4 Å². The number of carbonyl (C=O) groups is 1. The molecule has 0 fully saturated rings. The summed E-state index contributed by atoms with van der Waals surface area (Å²) < 4.78 is 64.8. The van der Waals surface area contributed by atoms with Crippen LogP contribution in [0.15, 0.2) is 47.5 Å². The number of nitrogens with zero attached hydrogens (tertiary/aromatic N) is 1. The number of hydrogen-bond donors (Lipinski definition) is 1. The first-order valence-corrected chi connectivity index (χ1v) is 17.0. The third-order valence-corrected chi connectivity index (χ3v) is 8.18. The van der Waals surface area contributed by atoms with E-state index < -0.39 is 35.6 Å². The molecule has 0 saturated heterocycles. The minimum absolute atomic E-state index is 0.179. The van der Waals surface area contributed by atoms with Crippen LogP contribution in [0.2, 0.25) is 0 Å². The SMILES string of the molecule is C/C=C(/C(=O)c1cc(F)c(N)c(F)c1)c1cccc(-c2c(C)cc(C)c(N=C(C)CCCC)c2OCC(F)(F)CCCCC)c1C.CC. The van der Waals surface area contributed by atoms with Gasteiger partial charge in [-0.15, -0.1) is 0 Å². The molecular weight excluding hydrogens is 616 g/mol. The summed E-state index contributed by atoms with van der Waals surface area (Å²) in [6, 6.07) is 9.16. The Morgan fingerprint density at radius 2 is 1.58 bits per heavy atom. The van der Waals surface area contributed by atoms with Crippen LogP contribution in [0.5, 0.6) is 5.75 Å². The van der Waals surface area contributed by atoms with Gasteiger partial charge in [-0.3, -0.25) is 9.79 Å². The number of nitrogens with two attached hydrogens (primary N) is 1. The topological polar surface area (TPSA) is 64.7 Å². The van der Waals surface area contributed by atoms with E-state index in [-0.39, 0.29) is 23.3 Å². The van der Waals surface area contributed by atoms with Crippen molar-refractivity contribution in [3.05, 3.63) is 81.9 Å². The van der Waals surface area contributed by atoms with Crippen LogP contribution in [0.3, 0.4) is 0 Å². The Kier molecular flexibility index (Phi) is 15.6. The number of Topliss-reactive ketones (excluding diaryl/α,β-unsaturated/α-hetero) is 1. The molecule has 0 bridgehead atoms. The van der Waals surface area contributed by atoms with Crippen LogP contribution in [0.1, 0.15) is 119 Å². The Bertz CT molecular complexity index is 1600. The molecule has 0 aliphatic rings. The van der Waals surface area contributed by atoms with Crippen molar-refractivity contribution in [2.45, 2.75) is 113 Å². The van der Waals surface area contributed by atoms with Gasteiger partial charge in [0.05, 0.1) is 0 Å². The number of rotatable bonds is 15. The first kappa shape index (κ1) is 40.2. The first-order chi connectivity index (χ1) is 22.8. The van der Waals surface area contributed by atoms with E-state index in [1.165, 1.54) is 0 Å². The molecule has 0 unspecified atom stereocenters. The molecule has 0 saturated carbocycles. The van der Waals surface area contributed by atoms with Crippen LogP contribution >= 0.6 is 0 Å². The van der Waals surface area contributed by atoms with E-state index in [1.54, 1.807) is 25.1 Å². The molecular formula is C40H52F4N2O2. The Hall–Kier alpha value is -3.94. The number of ether oxygens (including phenoxy) is 1. The number of alkyl halides is 2. The van der Waals surface area contributed by atoms with Crippen LogP contribution in [-0.4, -0.2) is 24.0 Å². The molecule has 0 amide bonds. The molecule has 0 aromatic heterocycles. The Labute approximate surface area is 284 Å². The predicted octanol–water partition coefficient (Wildman–Crippen LogP) is 12.3. The molecule has 2 N–H and O–H groups in total. The van der Waals surface area contributed by atoms with Gasteiger partial charge in [-0.25, -0.2) is 17.6 Å². The van der Waals surface area contributed by atoms with E-state index in [9.17, 15) is 13.6 Å². The molecule has 4 nitrogen and oxygen atoms in total. The number of aliphatic imine (C=N–C) groups is 1. The predicted molar refractivity (Wildman–Crippen MR) is 193 cm³/mol. The van der Waals surface area contributed by atoms with Crippen LogP contribution < -0.4 is 10.5 Å². The Balaban J connectivity index is 0.00000392. The van der Waals surface area contributed by atoms with Gasteiger partial charge in [-0.1, -0.05) is 77.3 Å². The van der Waals surface area contributed by atoms with Gasteiger partial charge in [0.1, 0.15) is 23.0 Å². The largest absolute Gasteiger partial charge is 0.484 e. The maximum absolute atomic E-state index is 15.1. The summed E-state index contributed by atoms with van der Waals surface area (Å²) >= 11 is 0. The van der Waals surface area contributed by atoms with Crippen molar-refractivity contribution in [2.75, 3.05) is 12.3 Å². The molecule has 0 spiro atoms. The van der Waals surface area contributed by atoms with Crippen LogP contribution in [0.25, 0.3) is 16.7 Å². The number of allylic oxidation sites excluding steroid dienone is 2. The summed E-state index contributed by atoms with van der Waals surface area (Å²) in [5.74, 6) is -5.39. The highest BCUT2D eigenvalue weighted by atomic mass is 19.3. The second-order valence-corrected chi connectivity index (χ2v) is 12.0. The van der Waals surface area contributed by atoms with Crippen molar-refractivity contribution in [1.29, 1.82) is 0 Å². The molecule has 48 heavy (non-hydrogen) atoms. The summed E-state index contributed by atoms with van der Waals surface area (Å²) in [4.78, 5) is 18.5. The monoisotopic (exact) mass is 668 g/mol. The number of halogens is 4. The number of unbranched alkanes of at least 4 members (excludes halogenated alkanes) is 3.